The largest absolute Gasteiger partial charge is 0.481 e. The Kier molecular flexibility index (Phi) is 5.12. The molecule has 116 valence electrons. The average molecular weight is 311 g/mol. The lowest BCUT2D eigenvalue weighted by atomic mass is 10.1. The molecule has 2 rings (SSSR count). The Morgan fingerprint density at radius 1 is 1.19 bits per heavy atom. The van der Waals surface area contributed by atoms with Gasteiger partial charge in [0, 0.05) is 31.2 Å². The van der Waals surface area contributed by atoms with Crippen LogP contribution in [-0.4, -0.2) is 55.0 Å². The van der Waals surface area contributed by atoms with E-state index in [1.165, 1.54) is 0 Å². The first-order chi connectivity index (χ1) is 9.88. The monoisotopic (exact) mass is 310 g/mol. The summed E-state index contributed by atoms with van der Waals surface area (Å²) in [5, 5.41) is 0.750. The third kappa shape index (κ3) is 3.89. The van der Waals surface area contributed by atoms with Crippen molar-refractivity contribution in [1.82, 2.24) is 9.80 Å². The number of hydrogen-bond acceptors (Lipinski definition) is 3. The van der Waals surface area contributed by atoms with Crippen LogP contribution in [-0.2, 0) is 4.79 Å². The van der Waals surface area contributed by atoms with E-state index >= 15 is 0 Å². The fourth-order valence-electron chi connectivity index (χ4n) is 2.51. The number of carbonyl (C=O) groups excluding carboxylic acids is 1. The van der Waals surface area contributed by atoms with Crippen molar-refractivity contribution in [3.8, 4) is 5.75 Å². The summed E-state index contributed by atoms with van der Waals surface area (Å²) in [6.45, 7) is 9.04. The van der Waals surface area contributed by atoms with Crippen LogP contribution in [0.3, 0.4) is 0 Å². The fraction of sp³-hybridized carbons (Fsp3) is 0.562. The Balaban J connectivity index is 2.00. The van der Waals surface area contributed by atoms with Gasteiger partial charge in [0.05, 0.1) is 0 Å². The van der Waals surface area contributed by atoms with E-state index < -0.39 is 6.10 Å². The van der Waals surface area contributed by atoms with Crippen molar-refractivity contribution < 1.29 is 9.53 Å². The van der Waals surface area contributed by atoms with Crippen molar-refractivity contribution in [2.45, 2.75) is 26.9 Å². The topological polar surface area (TPSA) is 32.8 Å². The Morgan fingerprint density at radius 2 is 1.71 bits per heavy atom. The third-order valence-corrected chi connectivity index (χ3v) is 4.48. The summed E-state index contributed by atoms with van der Waals surface area (Å²) in [5.74, 6) is 0.748. The zero-order valence-electron chi connectivity index (χ0n) is 13.1. The van der Waals surface area contributed by atoms with Crippen LogP contribution in [0.2, 0.25) is 5.02 Å². The molecule has 0 N–H and O–H groups in total. The summed E-state index contributed by atoms with van der Waals surface area (Å²) in [4.78, 5) is 16.5. The van der Waals surface area contributed by atoms with Gasteiger partial charge in [-0.1, -0.05) is 11.6 Å². The molecule has 5 heteroatoms. The van der Waals surface area contributed by atoms with Crippen LogP contribution in [0.1, 0.15) is 18.1 Å². The lowest BCUT2D eigenvalue weighted by Gasteiger charge is -2.33. The van der Waals surface area contributed by atoms with Gasteiger partial charge < -0.3 is 14.5 Å². The highest BCUT2D eigenvalue weighted by Crippen LogP contribution is 2.26. The van der Waals surface area contributed by atoms with Gasteiger partial charge in [-0.05, 0) is 51.1 Å². The molecule has 1 atom stereocenters. The van der Waals surface area contributed by atoms with Gasteiger partial charge in [-0.15, -0.1) is 0 Å². The number of amides is 1. The van der Waals surface area contributed by atoms with Crippen molar-refractivity contribution >= 4 is 17.5 Å². The number of benzene rings is 1. The fourth-order valence-corrected chi connectivity index (χ4v) is 2.62. The maximum Gasteiger partial charge on any atom is 0.263 e. The van der Waals surface area contributed by atoms with Crippen LogP contribution in [0.4, 0.5) is 0 Å². The lowest BCUT2D eigenvalue weighted by molar-refractivity contribution is -0.139. The quantitative estimate of drug-likeness (QED) is 0.860. The second kappa shape index (κ2) is 6.67. The number of hydrogen-bond donors (Lipinski definition) is 0. The first-order valence-corrected chi connectivity index (χ1v) is 7.67. The molecule has 4 nitrogen and oxygen atoms in total. The van der Waals surface area contributed by atoms with E-state index in [1.807, 2.05) is 30.9 Å². The standard InChI is InChI=1S/C16H23ClN2O2/c1-11-9-14(10-12(2)15(11)17)21-13(3)16(20)19-7-5-18(4)6-8-19/h9-10,13H,5-8H2,1-4H3/t13-/m1/s1. The smallest absolute Gasteiger partial charge is 0.263 e. The van der Waals surface area contributed by atoms with Gasteiger partial charge in [-0.25, -0.2) is 0 Å². The number of aryl methyl sites for hydroxylation is 2. The molecule has 0 spiro atoms. The first kappa shape index (κ1) is 16.1. The first-order valence-electron chi connectivity index (χ1n) is 7.29. The van der Waals surface area contributed by atoms with Crippen LogP contribution in [0.25, 0.3) is 0 Å². The highest BCUT2D eigenvalue weighted by atomic mass is 35.5. The number of piperazine rings is 1. The van der Waals surface area contributed by atoms with E-state index in [0.29, 0.717) is 5.75 Å². The molecule has 21 heavy (non-hydrogen) atoms. The lowest BCUT2D eigenvalue weighted by Crippen LogP contribution is -2.50. The van der Waals surface area contributed by atoms with Gasteiger partial charge in [0.2, 0.25) is 0 Å². The van der Waals surface area contributed by atoms with Crippen molar-refractivity contribution in [2.24, 2.45) is 0 Å². The summed E-state index contributed by atoms with van der Waals surface area (Å²) in [6, 6.07) is 3.76. The molecule has 1 amide bonds. The maximum atomic E-state index is 12.4. The van der Waals surface area contributed by atoms with Crippen LogP contribution >= 0.6 is 11.6 Å². The summed E-state index contributed by atoms with van der Waals surface area (Å²) < 4.78 is 5.81. The normalized spacial score (nSPS) is 17.7. The minimum atomic E-state index is -0.478. The highest BCUT2D eigenvalue weighted by molar-refractivity contribution is 6.32. The molecule has 1 aliphatic heterocycles. The van der Waals surface area contributed by atoms with Gasteiger partial charge in [-0.3, -0.25) is 4.79 Å². The summed E-state index contributed by atoms with van der Waals surface area (Å²) in [6.07, 6.45) is -0.478. The molecule has 1 aromatic carbocycles. The van der Waals surface area contributed by atoms with E-state index in [9.17, 15) is 4.79 Å². The Bertz CT molecular complexity index is 502. The van der Waals surface area contributed by atoms with E-state index in [2.05, 4.69) is 11.9 Å². The van der Waals surface area contributed by atoms with E-state index in [-0.39, 0.29) is 5.91 Å². The van der Waals surface area contributed by atoms with E-state index in [1.54, 1.807) is 6.92 Å². The Hall–Kier alpha value is -1.26. The van der Waals surface area contributed by atoms with Gasteiger partial charge in [0.15, 0.2) is 6.10 Å². The molecular formula is C16H23ClN2O2. The average Bonchev–Trinajstić information content (AvgIpc) is 2.44. The summed E-state index contributed by atoms with van der Waals surface area (Å²) in [5.41, 5.74) is 1.93. The number of likely N-dealkylation sites (N-methyl/N-ethyl adjacent to an activating group) is 1. The number of carbonyl (C=O) groups is 1. The Labute approximate surface area is 131 Å². The molecule has 1 aromatic rings. The van der Waals surface area contributed by atoms with Gasteiger partial charge in [0.1, 0.15) is 5.75 Å². The molecular weight excluding hydrogens is 288 g/mol. The molecule has 1 heterocycles. The van der Waals surface area contributed by atoms with Gasteiger partial charge in [0.25, 0.3) is 5.91 Å². The second-order valence-electron chi connectivity index (χ2n) is 5.76. The van der Waals surface area contributed by atoms with Crippen LogP contribution in [0.15, 0.2) is 12.1 Å². The zero-order valence-corrected chi connectivity index (χ0v) is 13.9. The number of halogens is 1. The van der Waals surface area contributed by atoms with E-state index in [0.717, 1.165) is 42.3 Å². The minimum Gasteiger partial charge on any atom is -0.481 e. The van der Waals surface area contributed by atoms with Crippen molar-refractivity contribution in [3.05, 3.63) is 28.3 Å². The summed E-state index contributed by atoms with van der Waals surface area (Å²) >= 11 is 6.15. The number of rotatable bonds is 3. The molecule has 1 fully saturated rings. The highest BCUT2D eigenvalue weighted by Gasteiger charge is 2.25. The number of nitrogens with zero attached hydrogens (tertiary/aromatic N) is 2. The molecule has 0 aliphatic carbocycles. The third-order valence-electron chi connectivity index (χ3n) is 3.89. The maximum absolute atomic E-state index is 12.4. The Morgan fingerprint density at radius 3 is 2.24 bits per heavy atom. The zero-order chi connectivity index (χ0) is 15.6. The van der Waals surface area contributed by atoms with Crippen molar-refractivity contribution in [2.75, 3.05) is 33.2 Å². The molecule has 0 aromatic heterocycles. The van der Waals surface area contributed by atoms with Crippen LogP contribution in [0.5, 0.6) is 5.75 Å². The molecule has 1 aliphatic rings. The number of ether oxygens (including phenoxy) is 1. The van der Waals surface area contributed by atoms with E-state index in [4.69, 9.17) is 16.3 Å². The van der Waals surface area contributed by atoms with Gasteiger partial charge >= 0.3 is 0 Å². The van der Waals surface area contributed by atoms with Crippen LogP contribution < -0.4 is 4.74 Å². The molecule has 0 bridgehead atoms. The SMILES string of the molecule is Cc1cc(O[C@H](C)C(=O)N2CCN(C)CC2)cc(C)c1Cl. The molecule has 0 saturated carbocycles. The van der Waals surface area contributed by atoms with Crippen molar-refractivity contribution in [1.29, 1.82) is 0 Å². The van der Waals surface area contributed by atoms with Crippen LogP contribution in [0, 0.1) is 13.8 Å². The minimum absolute atomic E-state index is 0.0494. The molecule has 0 unspecified atom stereocenters. The van der Waals surface area contributed by atoms with Crippen molar-refractivity contribution in [3.63, 3.8) is 0 Å². The predicted octanol–water partition coefficient (Wildman–Crippen LogP) is 2.50. The molecule has 0 radical (unpaired) electrons. The second-order valence-corrected chi connectivity index (χ2v) is 6.14. The predicted molar refractivity (Wildman–Crippen MR) is 85.1 cm³/mol. The molecule has 1 saturated heterocycles. The summed E-state index contributed by atoms with van der Waals surface area (Å²) in [7, 11) is 2.07. The van der Waals surface area contributed by atoms with Gasteiger partial charge in [-0.2, -0.15) is 0 Å².